The predicted octanol–water partition coefficient (Wildman–Crippen LogP) is 3.56. The molecule has 0 bridgehead atoms. The van der Waals surface area contributed by atoms with Crippen molar-refractivity contribution in [3.63, 3.8) is 0 Å². The maximum Gasteiger partial charge on any atom is 0.259 e. The van der Waals surface area contributed by atoms with E-state index in [0.717, 1.165) is 22.4 Å². The van der Waals surface area contributed by atoms with Crippen LogP contribution in [0.15, 0.2) is 53.4 Å². The molecule has 0 unspecified atom stereocenters. The van der Waals surface area contributed by atoms with Crippen LogP contribution in [0.4, 0.5) is 5.69 Å². The molecule has 146 valence electrons. The lowest BCUT2D eigenvalue weighted by molar-refractivity contribution is -0.116. The van der Waals surface area contributed by atoms with Crippen LogP contribution in [0.1, 0.15) is 17.0 Å². The molecule has 29 heavy (non-hydrogen) atoms. The van der Waals surface area contributed by atoms with Crippen molar-refractivity contribution in [1.29, 1.82) is 0 Å². The van der Waals surface area contributed by atoms with Gasteiger partial charge in [0.2, 0.25) is 11.7 Å². The summed E-state index contributed by atoms with van der Waals surface area (Å²) in [5, 5.41) is 6.92. The second-order valence-corrected chi connectivity index (χ2v) is 6.89. The summed E-state index contributed by atoms with van der Waals surface area (Å²) in [4.78, 5) is 25.4. The van der Waals surface area contributed by atoms with Gasteiger partial charge in [-0.15, -0.1) is 0 Å². The van der Waals surface area contributed by atoms with Crippen molar-refractivity contribution in [3.8, 4) is 23.0 Å². The lowest BCUT2D eigenvalue weighted by atomic mass is 10.1. The van der Waals surface area contributed by atoms with E-state index in [-0.39, 0.29) is 12.5 Å². The lowest BCUT2D eigenvalue weighted by Gasteiger charge is -2.08. The van der Waals surface area contributed by atoms with Crippen molar-refractivity contribution in [2.24, 2.45) is 0 Å². The summed E-state index contributed by atoms with van der Waals surface area (Å²) in [6, 6.07) is 9.58. The monoisotopic (exact) mass is 388 g/mol. The molecule has 8 nitrogen and oxygen atoms in total. The summed E-state index contributed by atoms with van der Waals surface area (Å²) < 4.78 is 7.06. The fraction of sp³-hybridized carbons (Fsp3) is 0.190. The van der Waals surface area contributed by atoms with Crippen LogP contribution in [-0.4, -0.2) is 30.6 Å². The highest BCUT2D eigenvalue weighted by Gasteiger charge is 2.16. The third-order valence-corrected chi connectivity index (χ3v) is 4.36. The number of aryl methyl sites for hydroxylation is 3. The molecule has 3 heterocycles. The van der Waals surface area contributed by atoms with E-state index in [1.165, 1.54) is 0 Å². The quantitative estimate of drug-likeness (QED) is 0.561. The Hall–Kier alpha value is -3.81. The third kappa shape index (κ3) is 4.21. The van der Waals surface area contributed by atoms with Crippen LogP contribution < -0.4 is 5.32 Å². The standard InChI is InChI=1S/C21H20N6O2/c1-13-7-14(2)9-17(8-13)24-19(28)12-27-11-18(23-15(27)3)20-25-21(29-26-20)16-5-4-6-22-10-16/h4-11H,12H2,1-3H3,(H,24,28). The first-order valence-electron chi connectivity index (χ1n) is 9.14. The molecule has 1 aromatic carbocycles. The molecule has 0 spiro atoms. The number of carbonyl (C=O) groups is 1. The number of hydrogen-bond acceptors (Lipinski definition) is 6. The van der Waals surface area contributed by atoms with Crippen molar-refractivity contribution >= 4 is 11.6 Å². The molecule has 0 radical (unpaired) electrons. The Morgan fingerprint density at radius 2 is 1.93 bits per heavy atom. The fourth-order valence-corrected chi connectivity index (χ4v) is 3.11. The smallest absolute Gasteiger partial charge is 0.259 e. The predicted molar refractivity (Wildman–Crippen MR) is 108 cm³/mol. The molecule has 0 aliphatic rings. The minimum atomic E-state index is -0.133. The molecule has 4 rings (SSSR count). The minimum Gasteiger partial charge on any atom is -0.333 e. The van der Waals surface area contributed by atoms with Gasteiger partial charge in [-0.3, -0.25) is 9.78 Å². The largest absolute Gasteiger partial charge is 0.333 e. The molecule has 0 aliphatic heterocycles. The van der Waals surface area contributed by atoms with Gasteiger partial charge in [0, 0.05) is 24.3 Å². The number of rotatable bonds is 5. The second kappa shape index (κ2) is 7.67. The number of nitrogens with one attached hydrogen (secondary N) is 1. The van der Waals surface area contributed by atoms with E-state index < -0.39 is 0 Å². The molecule has 4 aromatic rings. The molecule has 1 N–H and O–H groups in total. The summed E-state index contributed by atoms with van der Waals surface area (Å²) in [6.45, 7) is 5.97. The average molecular weight is 388 g/mol. The normalized spacial score (nSPS) is 10.9. The van der Waals surface area contributed by atoms with Crippen LogP contribution in [-0.2, 0) is 11.3 Å². The zero-order valence-corrected chi connectivity index (χ0v) is 16.4. The Balaban J connectivity index is 1.49. The highest BCUT2D eigenvalue weighted by atomic mass is 16.5. The zero-order valence-electron chi connectivity index (χ0n) is 16.4. The van der Waals surface area contributed by atoms with E-state index in [9.17, 15) is 4.79 Å². The van der Waals surface area contributed by atoms with E-state index in [0.29, 0.717) is 23.2 Å². The Bertz CT molecular complexity index is 1140. The Labute approximate surface area is 167 Å². The van der Waals surface area contributed by atoms with Gasteiger partial charge in [0.1, 0.15) is 18.1 Å². The number of carbonyl (C=O) groups excluding carboxylic acids is 1. The highest BCUT2D eigenvalue weighted by Crippen LogP contribution is 2.21. The lowest BCUT2D eigenvalue weighted by Crippen LogP contribution is -2.19. The van der Waals surface area contributed by atoms with Gasteiger partial charge in [-0.25, -0.2) is 4.98 Å². The molecule has 0 aliphatic carbocycles. The van der Waals surface area contributed by atoms with E-state index in [4.69, 9.17) is 4.52 Å². The van der Waals surface area contributed by atoms with Crippen molar-refractivity contribution in [2.45, 2.75) is 27.3 Å². The number of benzene rings is 1. The molecule has 1 amide bonds. The number of aromatic nitrogens is 5. The summed E-state index contributed by atoms with van der Waals surface area (Å²) in [5.74, 6) is 1.28. The molecule has 0 saturated carbocycles. The van der Waals surface area contributed by atoms with Crippen LogP contribution in [0.5, 0.6) is 0 Å². The first kappa shape index (κ1) is 18.5. The summed E-state index contributed by atoms with van der Waals surface area (Å²) in [6.07, 6.45) is 5.07. The van der Waals surface area contributed by atoms with E-state index in [1.54, 1.807) is 29.2 Å². The third-order valence-electron chi connectivity index (χ3n) is 4.36. The van der Waals surface area contributed by atoms with Gasteiger partial charge in [0.25, 0.3) is 5.89 Å². The van der Waals surface area contributed by atoms with Gasteiger partial charge in [-0.05, 0) is 56.2 Å². The number of anilines is 1. The van der Waals surface area contributed by atoms with Gasteiger partial charge in [-0.1, -0.05) is 11.2 Å². The van der Waals surface area contributed by atoms with Crippen LogP contribution >= 0.6 is 0 Å². The van der Waals surface area contributed by atoms with E-state index in [2.05, 4.69) is 31.5 Å². The number of imidazole rings is 1. The van der Waals surface area contributed by atoms with Crippen molar-refractivity contribution in [2.75, 3.05) is 5.32 Å². The first-order valence-corrected chi connectivity index (χ1v) is 9.14. The van der Waals surface area contributed by atoms with E-state index >= 15 is 0 Å². The van der Waals surface area contributed by atoms with Crippen LogP contribution in [0.2, 0.25) is 0 Å². The number of nitrogens with zero attached hydrogens (tertiary/aromatic N) is 5. The SMILES string of the molecule is Cc1cc(C)cc(NC(=O)Cn2cc(-c3noc(-c4cccnc4)n3)nc2C)c1. The summed E-state index contributed by atoms with van der Waals surface area (Å²) in [5.41, 5.74) is 4.26. The van der Waals surface area contributed by atoms with Gasteiger partial charge < -0.3 is 14.4 Å². The van der Waals surface area contributed by atoms with Gasteiger partial charge >= 0.3 is 0 Å². The van der Waals surface area contributed by atoms with Crippen molar-refractivity contribution in [3.05, 3.63) is 65.9 Å². The van der Waals surface area contributed by atoms with Gasteiger partial charge in [0.15, 0.2) is 0 Å². The highest BCUT2D eigenvalue weighted by molar-refractivity contribution is 5.90. The fourth-order valence-electron chi connectivity index (χ4n) is 3.11. The first-order chi connectivity index (χ1) is 14.0. The maximum absolute atomic E-state index is 12.5. The maximum atomic E-state index is 12.5. The number of amides is 1. The topological polar surface area (TPSA) is 98.7 Å². The average Bonchev–Trinajstić information content (AvgIpc) is 3.29. The van der Waals surface area contributed by atoms with Crippen LogP contribution in [0.25, 0.3) is 23.0 Å². The molecule has 3 aromatic heterocycles. The van der Waals surface area contributed by atoms with Gasteiger partial charge in [0.05, 0.1) is 5.56 Å². The Morgan fingerprint density at radius 3 is 2.66 bits per heavy atom. The van der Waals surface area contributed by atoms with Gasteiger partial charge in [-0.2, -0.15) is 4.98 Å². The number of pyridine rings is 1. The molecular weight excluding hydrogens is 368 g/mol. The zero-order chi connectivity index (χ0) is 20.4. The molecular formula is C21H20N6O2. The molecule has 0 saturated heterocycles. The molecule has 0 atom stereocenters. The molecule has 8 heteroatoms. The van der Waals surface area contributed by atoms with Crippen LogP contribution in [0.3, 0.4) is 0 Å². The summed E-state index contributed by atoms with van der Waals surface area (Å²) in [7, 11) is 0. The van der Waals surface area contributed by atoms with E-state index in [1.807, 2.05) is 39.0 Å². The van der Waals surface area contributed by atoms with Crippen molar-refractivity contribution in [1.82, 2.24) is 24.7 Å². The minimum absolute atomic E-state index is 0.133. The van der Waals surface area contributed by atoms with Crippen LogP contribution in [0, 0.1) is 20.8 Å². The Kier molecular flexibility index (Phi) is 4.90. The summed E-state index contributed by atoms with van der Waals surface area (Å²) >= 11 is 0. The number of hydrogen-bond donors (Lipinski definition) is 1. The second-order valence-electron chi connectivity index (χ2n) is 6.89. The molecule has 0 fully saturated rings. The Morgan fingerprint density at radius 1 is 1.14 bits per heavy atom. The van der Waals surface area contributed by atoms with Crippen molar-refractivity contribution < 1.29 is 9.32 Å².